The molecule has 0 saturated carbocycles. The summed E-state index contributed by atoms with van der Waals surface area (Å²) in [5, 5.41) is 0. The Hall–Kier alpha value is -1.61. The molecule has 0 spiro atoms. The van der Waals surface area contributed by atoms with Crippen molar-refractivity contribution in [3.8, 4) is 0 Å². The summed E-state index contributed by atoms with van der Waals surface area (Å²) in [6.07, 6.45) is 6.54. The molecule has 0 fully saturated rings. The molecule has 3 heteroatoms. The monoisotopic (exact) mass is 274 g/mol. The Morgan fingerprint density at radius 3 is 2.60 bits per heavy atom. The van der Waals surface area contributed by atoms with Gasteiger partial charge in [-0.3, -0.25) is 10.2 Å². The fourth-order valence-electron chi connectivity index (χ4n) is 2.06. The quantitative estimate of drug-likeness (QED) is 0.409. The molecule has 0 aliphatic carbocycles. The van der Waals surface area contributed by atoms with Gasteiger partial charge in [-0.15, -0.1) is 6.58 Å². The molecule has 1 rings (SSSR count). The maximum Gasteiger partial charge on any atom is 0.265 e. The Bertz CT molecular complexity index is 403. The summed E-state index contributed by atoms with van der Waals surface area (Å²) in [4.78, 5) is 12.0. The number of amides is 1. The van der Waals surface area contributed by atoms with Gasteiger partial charge in [0.15, 0.2) is 0 Å². The molecule has 0 aliphatic rings. The van der Waals surface area contributed by atoms with Crippen LogP contribution < -0.4 is 10.9 Å². The Morgan fingerprint density at radius 2 is 2.00 bits per heavy atom. The first-order chi connectivity index (χ1) is 9.69. The molecule has 0 unspecified atom stereocenters. The van der Waals surface area contributed by atoms with Gasteiger partial charge in [0.25, 0.3) is 5.91 Å². The van der Waals surface area contributed by atoms with E-state index in [1.165, 1.54) is 12.8 Å². The van der Waals surface area contributed by atoms with Gasteiger partial charge in [-0.1, -0.05) is 57.4 Å². The van der Waals surface area contributed by atoms with Gasteiger partial charge < -0.3 is 0 Å². The van der Waals surface area contributed by atoms with Crippen molar-refractivity contribution in [1.82, 2.24) is 10.9 Å². The molecular formula is C17H26N2O. The highest BCUT2D eigenvalue weighted by atomic mass is 16.2. The smallest absolute Gasteiger partial charge is 0.265 e. The van der Waals surface area contributed by atoms with E-state index < -0.39 is 0 Å². The summed E-state index contributed by atoms with van der Waals surface area (Å²) in [5.41, 5.74) is 6.63. The van der Waals surface area contributed by atoms with Crippen LogP contribution in [0, 0.1) is 5.92 Å². The lowest BCUT2D eigenvalue weighted by molar-refractivity contribution is 0.0919. The zero-order chi connectivity index (χ0) is 14.8. The largest absolute Gasteiger partial charge is 0.287 e. The predicted molar refractivity (Wildman–Crippen MR) is 84.3 cm³/mol. The predicted octanol–water partition coefficient (Wildman–Crippen LogP) is 3.69. The molecule has 1 aromatic rings. The van der Waals surface area contributed by atoms with Crippen molar-refractivity contribution >= 4 is 5.91 Å². The van der Waals surface area contributed by atoms with Crippen molar-refractivity contribution in [2.24, 2.45) is 5.92 Å². The van der Waals surface area contributed by atoms with Crippen LogP contribution >= 0.6 is 0 Å². The Balaban J connectivity index is 2.48. The molecule has 0 radical (unpaired) electrons. The molecule has 0 aromatic heterocycles. The molecular weight excluding hydrogens is 248 g/mol. The second-order valence-electron chi connectivity index (χ2n) is 5.16. The molecule has 110 valence electrons. The number of hydrazine groups is 1. The van der Waals surface area contributed by atoms with Gasteiger partial charge in [-0.2, -0.15) is 0 Å². The molecule has 0 heterocycles. The molecule has 0 bridgehead atoms. The fraction of sp³-hybridized carbons (Fsp3) is 0.471. The topological polar surface area (TPSA) is 41.1 Å². The third kappa shape index (κ3) is 5.57. The maximum atomic E-state index is 12.0. The van der Waals surface area contributed by atoms with Crippen molar-refractivity contribution in [1.29, 1.82) is 0 Å². The summed E-state index contributed by atoms with van der Waals surface area (Å²) >= 11 is 0. The number of benzene rings is 1. The van der Waals surface area contributed by atoms with Crippen LogP contribution in [0.15, 0.2) is 43.0 Å². The molecule has 0 aliphatic heterocycles. The number of hydrogen-bond donors (Lipinski definition) is 2. The molecule has 2 N–H and O–H groups in total. The van der Waals surface area contributed by atoms with Gasteiger partial charge in [-0.05, 0) is 24.5 Å². The fourth-order valence-corrected chi connectivity index (χ4v) is 2.06. The first-order valence-corrected chi connectivity index (χ1v) is 7.42. The Morgan fingerprint density at radius 1 is 1.30 bits per heavy atom. The zero-order valence-electron chi connectivity index (χ0n) is 12.6. The lowest BCUT2D eigenvalue weighted by Gasteiger charge is -2.23. The minimum atomic E-state index is -0.0950. The molecule has 0 saturated heterocycles. The standard InChI is InChI=1S/C17H26N2O/c1-4-6-8-13-16(14(3)5-2)18-19-17(20)15-11-9-7-10-12-15/h5,7,9-12,14,16,18H,2,4,6,8,13H2,1,3H3,(H,19,20)/t14-,16-/m1/s1. The summed E-state index contributed by atoms with van der Waals surface area (Å²) in [6, 6.07) is 9.46. The minimum absolute atomic E-state index is 0.0950. The summed E-state index contributed by atoms with van der Waals surface area (Å²) < 4.78 is 0. The van der Waals surface area contributed by atoms with Gasteiger partial charge in [0.05, 0.1) is 0 Å². The highest BCUT2D eigenvalue weighted by molar-refractivity contribution is 5.93. The second-order valence-corrected chi connectivity index (χ2v) is 5.16. The second kappa shape index (κ2) is 9.32. The van der Waals surface area contributed by atoms with Crippen molar-refractivity contribution in [3.05, 3.63) is 48.6 Å². The summed E-state index contributed by atoms with van der Waals surface area (Å²) in [7, 11) is 0. The SMILES string of the molecule is C=C[C@@H](C)[C@@H](CCCCC)NNC(=O)c1ccccc1. The van der Waals surface area contributed by atoms with E-state index in [2.05, 4.69) is 31.3 Å². The molecule has 3 nitrogen and oxygen atoms in total. The van der Waals surface area contributed by atoms with Crippen LogP contribution in [0.1, 0.15) is 49.9 Å². The van der Waals surface area contributed by atoms with Crippen molar-refractivity contribution in [3.63, 3.8) is 0 Å². The van der Waals surface area contributed by atoms with Gasteiger partial charge in [0.1, 0.15) is 0 Å². The average Bonchev–Trinajstić information content (AvgIpc) is 2.50. The van der Waals surface area contributed by atoms with E-state index in [9.17, 15) is 4.79 Å². The molecule has 2 atom stereocenters. The number of nitrogens with one attached hydrogen (secondary N) is 2. The molecule has 1 amide bonds. The molecule has 1 aromatic carbocycles. The lowest BCUT2D eigenvalue weighted by atomic mass is 9.97. The Kier molecular flexibility index (Phi) is 7.66. The number of hydrogen-bond acceptors (Lipinski definition) is 2. The highest BCUT2D eigenvalue weighted by Crippen LogP contribution is 2.12. The van der Waals surface area contributed by atoms with E-state index in [-0.39, 0.29) is 11.9 Å². The van der Waals surface area contributed by atoms with Gasteiger partial charge in [0, 0.05) is 11.6 Å². The van der Waals surface area contributed by atoms with E-state index in [4.69, 9.17) is 0 Å². The van der Waals surface area contributed by atoms with Gasteiger partial charge in [0.2, 0.25) is 0 Å². The van der Waals surface area contributed by atoms with Gasteiger partial charge in [-0.25, -0.2) is 5.43 Å². The van der Waals surface area contributed by atoms with Crippen LogP contribution in [0.5, 0.6) is 0 Å². The van der Waals surface area contributed by atoms with E-state index in [0.29, 0.717) is 11.5 Å². The highest BCUT2D eigenvalue weighted by Gasteiger charge is 2.15. The molecule has 20 heavy (non-hydrogen) atoms. The normalized spacial score (nSPS) is 13.5. The Labute approximate surface area is 122 Å². The third-order valence-corrected chi connectivity index (χ3v) is 3.53. The first kappa shape index (κ1) is 16.4. The van der Waals surface area contributed by atoms with Crippen molar-refractivity contribution < 1.29 is 4.79 Å². The zero-order valence-corrected chi connectivity index (χ0v) is 12.6. The third-order valence-electron chi connectivity index (χ3n) is 3.53. The van der Waals surface area contributed by atoms with Crippen molar-refractivity contribution in [2.45, 2.75) is 45.6 Å². The maximum absolute atomic E-state index is 12.0. The van der Waals surface area contributed by atoms with Crippen LogP contribution in [-0.4, -0.2) is 11.9 Å². The van der Waals surface area contributed by atoms with Crippen LogP contribution in [0.25, 0.3) is 0 Å². The number of carbonyl (C=O) groups excluding carboxylic acids is 1. The summed E-state index contributed by atoms with van der Waals surface area (Å²) in [5.74, 6) is 0.227. The number of rotatable bonds is 9. The lowest BCUT2D eigenvalue weighted by Crippen LogP contribution is -2.46. The van der Waals surface area contributed by atoms with E-state index >= 15 is 0 Å². The van der Waals surface area contributed by atoms with Crippen LogP contribution in [0.4, 0.5) is 0 Å². The van der Waals surface area contributed by atoms with Crippen molar-refractivity contribution in [2.75, 3.05) is 0 Å². The van der Waals surface area contributed by atoms with Crippen LogP contribution in [-0.2, 0) is 0 Å². The first-order valence-electron chi connectivity index (χ1n) is 7.42. The van der Waals surface area contributed by atoms with E-state index in [1.807, 2.05) is 24.3 Å². The average molecular weight is 274 g/mol. The van der Waals surface area contributed by atoms with Gasteiger partial charge >= 0.3 is 0 Å². The minimum Gasteiger partial charge on any atom is -0.287 e. The summed E-state index contributed by atoms with van der Waals surface area (Å²) in [6.45, 7) is 8.15. The van der Waals surface area contributed by atoms with Crippen LogP contribution in [0.2, 0.25) is 0 Å². The van der Waals surface area contributed by atoms with E-state index in [0.717, 1.165) is 12.8 Å². The van der Waals surface area contributed by atoms with Crippen LogP contribution in [0.3, 0.4) is 0 Å². The number of carbonyl (C=O) groups is 1. The number of unbranched alkanes of at least 4 members (excludes halogenated alkanes) is 2. The van der Waals surface area contributed by atoms with E-state index in [1.54, 1.807) is 12.1 Å².